The molecule has 0 bridgehead atoms. The van der Waals surface area contributed by atoms with Gasteiger partial charge in [0.2, 0.25) is 0 Å². The number of nitrogens with one attached hydrogen (secondary N) is 3. The summed E-state index contributed by atoms with van der Waals surface area (Å²) in [5.41, 5.74) is 10.2. The number of fused-ring (bicyclic) bond motifs is 1. The van der Waals surface area contributed by atoms with Crippen LogP contribution in [0.3, 0.4) is 0 Å². The second-order valence-corrected chi connectivity index (χ2v) is 5.01. The highest BCUT2D eigenvalue weighted by molar-refractivity contribution is 7.84. The maximum Gasteiger partial charge on any atom is 0.119 e. The van der Waals surface area contributed by atoms with Crippen molar-refractivity contribution in [2.45, 2.75) is 0 Å². The van der Waals surface area contributed by atoms with Crippen molar-refractivity contribution in [2.75, 3.05) is 5.43 Å². The fraction of sp³-hybridized carbons (Fsp3) is 0. The molecule has 0 unspecified atom stereocenters. The minimum absolute atomic E-state index is 0.594. The molecule has 6 heteroatoms. The summed E-state index contributed by atoms with van der Waals surface area (Å²) in [6.45, 7) is 0. The van der Waals surface area contributed by atoms with Gasteiger partial charge in [-0.05, 0) is 16.7 Å². The van der Waals surface area contributed by atoms with Crippen LogP contribution in [0.25, 0.3) is 10.8 Å². The van der Waals surface area contributed by atoms with Gasteiger partial charge in [0.05, 0.1) is 10.7 Å². The van der Waals surface area contributed by atoms with Gasteiger partial charge in [-0.2, -0.15) is 0 Å². The largest absolute Gasteiger partial charge is 0.282 e. The predicted molar refractivity (Wildman–Crippen MR) is 85.3 cm³/mol. The zero-order chi connectivity index (χ0) is 13.2. The van der Waals surface area contributed by atoms with E-state index < -0.39 is 0 Å². The van der Waals surface area contributed by atoms with E-state index in [1.165, 1.54) is 5.39 Å². The average molecular weight is 288 g/mol. The zero-order valence-electron chi connectivity index (χ0n) is 9.92. The van der Waals surface area contributed by atoms with Crippen LogP contribution in [0, 0.1) is 0 Å². The Kier molecular flexibility index (Phi) is 3.29. The van der Waals surface area contributed by atoms with E-state index in [1.807, 2.05) is 24.3 Å². The lowest BCUT2D eigenvalue weighted by atomic mass is 10.1. The highest BCUT2D eigenvalue weighted by Gasteiger charge is 2.12. The molecule has 3 rings (SSSR count). The number of hydrogen-bond acceptors (Lipinski definition) is 5. The van der Waals surface area contributed by atoms with Crippen LogP contribution in [-0.2, 0) is 0 Å². The monoisotopic (exact) mass is 288 g/mol. The van der Waals surface area contributed by atoms with Crippen LogP contribution in [0.15, 0.2) is 53.6 Å². The first kappa shape index (κ1) is 12.3. The summed E-state index contributed by atoms with van der Waals surface area (Å²) in [4.78, 5) is 0.594. The van der Waals surface area contributed by atoms with Crippen molar-refractivity contribution in [3.8, 4) is 0 Å². The molecule has 96 valence electrons. The molecule has 0 saturated heterocycles. The second kappa shape index (κ2) is 5.08. The molecule has 0 atom stereocenters. The third kappa shape index (κ3) is 2.65. The normalized spacial score (nSPS) is 15.6. The lowest BCUT2D eigenvalue weighted by Crippen LogP contribution is -2.55. The van der Waals surface area contributed by atoms with Gasteiger partial charge in [0.25, 0.3) is 0 Å². The maximum atomic E-state index is 5.11. The SMILES string of the molecule is S=C1C=C(S)NN(Nc2cccc3ccccc23)N1. The number of nitrogens with zero attached hydrogens (tertiary/aromatic N) is 1. The Balaban J connectivity index is 1.90. The minimum atomic E-state index is 0.594. The number of anilines is 1. The average Bonchev–Trinajstić information content (AvgIpc) is 2.38. The summed E-state index contributed by atoms with van der Waals surface area (Å²) >= 11 is 9.37. The van der Waals surface area contributed by atoms with Crippen LogP contribution >= 0.6 is 24.8 Å². The Hall–Kier alpha value is -1.76. The summed E-state index contributed by atoms with van der Waals surface area (Å²) < 4.78 is 0. The quantitative estimate of drug-likeness (QED) is 0.505. The molecule has 0 fully saturated rings. The van der Waals surface area contributed by atoms with E-state index in [-0.39, 0.29) is 0 Å². The second-order valence-electron chi connectivity index (χ2n) is 4.09. The summed E-state index contributed by atoms with van der Waals surface area (Å²) in [5, 5.41) is 4.58. The Bertz CT molecular complexity index is 663. The third-order valence-corrected chi connectivity index (χ3v) is 3.18. The van der Waals surface area contributed by atoms with Crippen LogP contribution in [-0.4, -0.2) is 10.2 Å². The van der Waals surface area contributed by atoms with Crippen LogP contribution < -0.4 is 16.3 Å². The van der Waals surface area contributed by atoms with Crippen molar-refractivity contribution in [1.29, 1.82) is 0 Å². The van der Waals surface area contributed by atoms with Gasteiger partial charge in [-0.1, -0.05) is 48.6 Å². The number of benzene rings is 2. The molecule has 0 radical (unpaired) electrons. The zero-order valence-corrected chi connectivity index (χ0v) is 11.6. The standard InChI is InChI=1S/C13H12N4S2/c18-12-8-13(19)16-17(15-12)14-11-7-3-5-9-4-1-2-6-10(9)11/h1-8,14-15,18H,(H,16,19). The van der Waals surface area contributed by atoms with Gasteiger partial charge < -0.3 is 0 Å². The number of thiol groups is 1. The third-order valence-electron chi connectivity index (χ3n) is 2.74. The van der Waals surface area contributed by atoms with Crippen LogP contribution in [0.1, 0.15) is 0 Å². The lowest BCUT2D eigenvalue weighted by molar-refractivity contribution is 0.225. The van der Waals surface area contributed by atoms with Gasteiger partial charge in [0.15, 0.2) is 0 Å². The molecular formula is C13H12N4S2. The number of hydrazine groups is 3. The molecule has 0 aliphatic carbocycles. The molecule has 19 heavy (non-hydrogen) atoms. The Morgan fingerprint density at radius 3 is 2.68 bits per heavy atom. The first-order chi connectivity index (χ1) is 9.22. The smallest absolute Gasteiger partial charge is 0.119 e. The van der Waals surface area contributed by atoms with Crippen LogP contribution in [0.2, 0.25) is 0 Å². The first-order valence-electron chi connectivity index (χ1n) is 5.75. The highest BCUT2D eigenvalue weighted by Crippen LogP contribution is 2.23. The fourth-order valence-electron chi connectivity index (χ4n) is 1.94. The van der Waals surface area contributed by atoms with Gasteiger partial charge in [-0.25, -0.2) is 0 Å². The van der Waals surface area contributed by atoms with Crippen molar-refractivity contribution in [2.24, 2.45) is 0 Å². The molecular weight excluding hydrogens is 276 g/mol. The molecule has 1 aliphatic heterocycles. The van der Waals surface area contributed by atoms with Crippen molar-refractivity contribution in [1.82, 2.24) is 16.1 Å². The van der Waals surface area contributed by atoms with Gasteiger partial charge in [0.1, 0.15) is 4.99 Å². The Labute approximate surface area is 121 Å². The Morgan fingerprint density at radius 1 is 1.05 bits per heavy atom. The molecule has 3 N–H and O–H groups in total. The van der Waals surface area contributed by atoms with E-state index in [4.69, 9.17) is 12.2 Å². The van der Waals surface area contributed by atoms with E-state index in [0.29, 0.717) is 10.0 Å². The summed E-state index contributed by atoms with van der Waals surface area (Å²) in [7, 11) is 0. The number of rotatable bonds is 2. The molecule has 0 aromatic heterocycles. The molecule has 4 nitrogen and oxygen atoms in total. The minimum Gasteiger partial charge on any atom is -0.282 e. The number of hydrogen-bond donors (Lipinski definition) is 4. The van der Waals surface area contributed by atoms with Crippen LogP contribution in [0.4, 0.5) is 5.69 Å². The predicted octanol–water partition coefficient (Wildman–Crippen LogP) is 2.59. The molecule has 0 amide bonds. The fourth-order valence-corrected chi connectivity index (χ4v) is 2.47. The Morgan fingerprint density at radius 2 is 1.84 bits per heavy atom. The van der Waals surface area contributed by atoms with Gasteiger partial charge >= 0.3 is 0 Å². The van der Waals surface area contributed by atoms with E-state index in [0.717, 1.165) is 11.1 Å². The van der Waals surface area contributed by atoms with Crippen molar-refractivity contribution in [3.63, 3.8) is 0 Å². The molecule has 2 aromatic carbocycles. The van der Waals surface area contributed by atoms with Crippen molar-refractivity contribution in [3.05, 3.63) is 53.6 Å². The van der Waals surface area contributed by atoms with E-state index >= 15 is 0 Å². The van der Waals surface area contributed by atoms with Crippen molar-refractivity contribution < 1.29 is 0 Å². The molecule has 0 spiro atoms. The van der Waals surface area contributed by atoms with Gasteiger partial charge in [-0.15, -0.1) is 12.6 Å². The van der Waals surface area contributed by atoms with Gasteiger partial charge in [-0.3, -0.25) is 16.3 Å². The van der Waals surface area contributed by atoms with Gasteiger partial charge in [0, 0.05) is 11.5 Å². The van der Waals surface area contributed by atoms with Crippen molar-refractivity contribution >= 4 is 46.3 Å². The highest BCUT2D eigenvalue weighted by atomic mass is 32.1. The molecule has 0 saturated carbocycles. The maximum absolute atomic E-state index is 5.11. The van der Waals surface area contributed by atoms with E-state index in [1.54, 1.807) is 11.3 Å². The summed E-state index contributed by atoms with van der Waals surface area (Å²) in [5.74, 6) is 0. The van der Waals surface area contributed by atoms with Crippen LogP contribution in [0.5, 0.6) is 0 Å². The topological polar surface area (TPSA) is 39.3 Å². The summed E-state index contributed by atoms with van der Waals surface area (Å²) in [6, 6.07) is 14.3. The van der Waals surface area contributed by atoms with E-state index in [2.05, 4.69) is 47.1 Å². The molecule has 2 aromatic rings. The first-order valence-corrected chi connectivity index (χ1v) is 6.60. The number of thiocarbonyl (C=S) groups is 1. The van der Waals surface area contributed by atoms with E-state index in [9.17, 15) is 0 Å². The molecule has 1 aliphatic rings. The lowest BCUT2D eigenvalue weighted by Gasteiger charge is -2.29. The summed E-state index contributed by atoms with van der Waals surface area (Å²) in [6.07, 6.45) is 1.74. The molecule has 1 heterocycles.